The molecule has 0 aliphatic heterocycles. The maximum atomic E-state index is 9.08. The zero-order chi connectivity index (χ0) is 6.85. The largest absolute Gasteiger partial charge is 0.508 e. The maximum absolute atomic E-state index is 9.08. The van der Waals surface area contributed by atoms with E-state index in [0.717, 1.165) is 15.4 Å². The molecule has 1 rings (SSSR count). The minimum atomic E-state index is 0.437. The van der Waals surface area contributed by atoms with Crippen molar-refractivity contribution in [3.05, 3.63) is 23.8 Å². The molecule has 1 aromatic rings. The topological polar surface area (TPSA) is 20.2 Å². The van der Waals surface area contributed by atoms with Crippen molar-refractivity contribution in [3.8, 4) is 5.75 Å². The van der Waals surface area contributed by atoms with Crippen LogP contribution in [0.3, 0.4) is 0 Å². The van der Waals surface area contributed by atoms with E-state index in [9.17, 15) is 0 Å². The SMILES string of the molecule is Cc1ccc(O)c([SiH3])c1. The standard InChI is InChI=1S/C7H10OSi/c1-5-2-3-6(8)7(9)4-5/h2-4,8H,1,9H3. The molecule has 0 saturated heterocycles. The smallest absolute Gasteiger partial charge is 0.113 e. The van der Waals surface area contributed by atoms with E-state index < -0.39 is 0 Å². The Morgan fingerprint density at radius 1 is 1.44 bits per heavy atom. The van der Waals surface area contributed by atoms with Gasteiger partial charge in [-0.2, -0.15) is 0 Å². The molecule has 1 aromatic carbocycles. The fourth-order valence-electron chi connectivity index (χ4n) is 0.805. The average Bonchev–Trinajstić information content (AvgIpc) is 1.80. The van der Waals surface area contributed by atoms with Crippen molar-refractivity contribution in [2.75, 3.05) is 0 Å². The fraction of sp³-hybridized carbons (Fsp3) is 0.143. The van der Waals surface area contributed by atoms with Gasteiger partial charge >= 0.3 is 0 Å². The first kappa shape index (κ1) is 6.36. The first-order valence-electron chi connectivity index (χ1n) is 2.96. The minimum absolute atomic E-state index is 0.437. The number of benzene rings is 1. The molecule has 1 N–H and O–H groups in total. The van der Waals surface area contributed by atoms with Crippen molar-refractivity contribution in [1.29, 1.82) is 0 Å². The molecule has 0 fully saturated rings. The summed E-state index contributed by atoms with van der Waals surface area (Å²) in [5.74, 6) is 0.437. The highest BCUT2D eigenvalue weighted by Crippen LogP contribution is 2.03. The molecule has 0 aliphatic rings. The summed E-state index contributed by atoms with van der Waals surface area (Å²) in [6, 6.07) is 5.68. The third-order valence-electron chi connectivity index (χ3n) is 1.35. The van der Waals surface area contributed by atoms with Gasteiger partial charge in [0.25, 0.3) is 0 Å². The van der Waals surface area contributed by atoms with Crippen LogP contribution in [-0.2, 0) is 0 Å². The summed E-state index contributed by atoms with van der Waals surface area (Å²) in [6.07, 6.45) is 0. The summed E-state index contributed by atoms with van der Waals surface area (Å²) in [4.78, 5) is 0. The van der Waals surface area contributed by atoms with Crippen molar-refractivity contribution < 1.29 is 5.11 Å². The lowest BCUT2D eigenvalue weighted by molar-refractivity contribution is 0.479. The molecule has 0 bridgehead atoms. The Morgan fingerprint density at radius 3 is 2.56 bits per heavy atom. The Hall–Kier alpha value is -0.763. The Labute approximate surface area is 57.8 Å². The molecule has 1 nitrogen and oxygen atoms in total. The van der Waals surface area contributed by atoms with Crippen LogP contribution in [0, 0.1) is 6.92 Å². The van der Waals surface area contributed by atoms with Crippen LogP contribution < -0.4 is 5.19 Å². The molecular weight excluding hydrogens is 128 g/mol. The van der Waals surface area contributed by atoms with Crippen molar-refractivity contribution in [2.45, 2.75) is 6.92 Å². The van der Waals surface area contributed by atoms with Crippen LogP contribution in [0.15, 0.2) is 18.2 Å². The van der Waals surface area contributed by atoms with Gasteiger partial charge in [-0.05, 0) is 18.2 Å². The Balaban J connectivity index is 3.17. The Bertz CT molecular complexity index is 220. The van der Waals surface area contributed by atoms with E-state index in [1.165, 1.54) is 5.56 Å². The van der Waals surface area contributed by atoms with E-state index in [-0.39, 0.29) is 0 Å². The van der Waals surface area contributed by atoms with Crippen molar-refractivity contribution >= 4 is 15.4 Å². The summed E-state index contributed by atoms with van der Waals surface area (Å²) < 4.78 is 0. The molecule has 0 spiro atoms. The molecule has 0 radical (unpaired) electrons. The first-order valence-corrected chi connectivity index (χ1v) is 3.96. The summed E-state index contributed by atoms with van der Waals surface area (Å²) in [7, 11) is 0.925. The first-order chi connectivity index (χ1) is 4.20. The van der Waals surface area contributed by atoms with Gasteiger partial charge < -0.3 is 5.11 Å². The van der Waals surface area contributed by atoms with Gasteiger partial charge in [0.05, 0.1) is 0 Å². The van der Waals surface area contributed by atoms with Gasteiger partial charge in [0, 0.05) is 10.2 Å². The number of phenolic OH excluding ortho intramolecular Hbond substituents is 1. The molecule has 0 unspecified atom stereocenters. The number of hydrogen-bond donors (Lipinski definition) is 1. The number of aromatic hydroxyl groups is 1. The predicted octanol–water partition coefficient (Wildman–Crippen LogP) is -0.309. The predicted molar refractivity (Wildman–Crippen MR) is 42.4 cm³/mol. The molecule has 0 aromatic heterocycles. The summed E-state index contributed by atoms with van der Waals surface area (Å²) in [6.45, 7) is 2.03. The van der Waals surface area contributed by atoms with E-state index >= 15 is 0 Å². The van der Waals surface area contributed by atoms with E-state index in [0.29, 0.717) is 5.75 Å². The number of aryl methyl sites for hydroxylation is 1. The van der Waals surface area contributed by atoms with Gasteiger partial charge in [-0.1, -0.05) is 17.7 Å². The highest BCUT2D eigenvalue weighted by atomic mass is 28.1. The highest BCUT2D eigenvalue weighted by Gasteiger charge is 1.91. The third kappa shape index (κ3) is 1.33. The number of rotatable bonds is 0. The van der Waals surface area contributed by atoms with E-state index in [1.54, 1.807) is 6.07 Å². The van der Waals surface area contributed by atoms with Crippen LogP contribution in [0.25, 0.3) is 0 Å². The lowest BCUT2D eigenvalue weighted by Crippen LogP contribution is -2.01. The molecule has 48 valence electrons. The minimum Gasteiger partial charge on any atom is -0.508 e. The normalized spacial score (nSPS) is 9.89. The maximum Gasteiger partial charge on any atom is 0.113 e. The third-order valence-corrected chi connectivity index (χ3v) is 2.15. The molecule has 0 amide bonds. The lowest BCUT2D eigenvalue weighted by atomic mass is 10.2. The second kappa shape index (κ2) is 2.23. The van der Waals surface area contributed by atoms with Crippen LogP contribution in [0.1, 0.15) is 5.56 Å². The van der Waals surface area contributed by atoms with Crippen LogP contribution in [-0.4, -0.2) is 15.3 Å². The van der Waals surface area contributed by atoms with E-state index in [2.05, 4.69) is 0 Å². The van der Waals surface area contributed by atoms with E-state index in [1.807, 2.05) is 19.1 Å². The summed E-state index contributed by atoms with van der Waals surface area (Å²) in [5.41, 5.74) is 1.22. The molecule has 9 heavy (non-hydrogen) atoms. The van der Waals surface area contributed by atoms with Gasteiger partial charge in [-0.25, -0.2) is 0 Å². The molecule has 0 saturated carbocycles. The molecule has 0 atom stereocenters. The Kier molecular flexibility index (Phi) is 1.58. The van der Waals surface area contributed by atoms with E-state index in [4.69, 9.17) is 5.11 Å². The van der Waals surface area contributed by atoms with Gasteiger partial charge in [-0.15, -0.1) is 0 Å². The van der Waals surface area contributed by atoms with Crippen molar-refractivity contribution in [1.82, 2.24) is 0 Å². The lowest BCUT2D eigenvalue weighted by Gasteiger charge is -1.97. The molecular formula is C7H10OSi. The highest BCUT2D eigenvalue weighted by molar-refractivity contribution is 6.34. The Morgan fingerprint density at radius 2 is 2.11 bits per heavy atom. The van der Waals surface area contributed by atoms with Crippen LogP contribution in [0.4, 0.5) is 0 Å². The summed E-state index contributed by atoms with van der Waals surface area (Å²) >= 11 is 0. The second-order valence-corrected chi connectivity index (χ2v) is 3.37. The molecule has 2 heteroatoms. The zero-order valence-electron chi connectivity index (χ0n) is 5.68. The molecule has 0 heterocycles. The van der Waals surface area contributed by atoms with Gasteiger partial charge in [0.15, 0.2) is 0 Å². The fourth-order valence-corrected chi connectivity index (χ4v) is 1.43. The second-order valence-electron chi connectivity index (χ2n) is 2.29. The van der Waals surface area contributed by atoms with Crippen LogP contribution >= 0.6 is 0 Å². The van der Waals surface area contributed by atoms with Gasteiger partial charge in [0.1, 0.15) is 5.75 Å². The van der Waals surface area contributed by atoms with Gasteiger partial charge in [0.2, 0.25) is 0 Å². The zero-order valence-corrected chi connectivity index (χ0v) is 7.68. The summed E-state index contributed by atoms with van der Waals surface area (Å²) in [5, 5.41) is 10.2. The number of hydrogen-bond acceptors (Lipinski definition) is 1. The molecule has 0 aliphatic carbocycles. The quantitative estimate of drug-likeness (QED) is 0.488. The van der Waals surface area contributed by atoms with Crippen LogP contribution in [0.2, 0.25) is 0 Å². The van der Waals surface area contributed by atoms with Gasteiger partial charge in [-0.3, -0.25) is 0 Å². The number of phenols is 1. The van der Waals surface area contributed by atoms with Crippen LogP contribution in [0.5, 0.6) is 5.75 Å². The monoisotopic (exact) mass is 138 g/mol. The van der Waals surface area contributed by atoms with Crippen molar-refractivity contribution in [2.24, 2.45) is 0 Å². The average molecular weight is 138 g/mol. The van der Waals surface area contributed by atoms with Crippen molar-refractivity contribution in [3.63, 3.8) is 0 Å².